The van der Waals surface area contributed by atoms with Crippen LogP contribution in [0, 0.1) is 6.92 Å². The Hall–Kier alpha value is -0.610. The van der Waals surface area contributed by atoms with Crippen LogP contribution in [-0.2, 0) is 0 Å². The molecule has 0 bridgehead atoms. The van der Waals surface area contributed by atoms with E-state index in [0.717, 1.165) is 24.0 Å². The summed E-state index contributed by atoms with van der Waals surface area (Å²) in [5, 5.41) is 6.15. The smallest absolute Gasteiger partial charge is 0.224 e. The van der Waals surface area contributed by atoms with Crippen LogP contribution in [0.15, 0.2) is 5.38 Å². The summed E-state index contributed by atoms with van der Waals surface area (Å²) in [5.74, 6) is 0.777. The summed E-state index contributed by atoms with van der Waals surface area (Å²) in [7, 11) is 0. The fraction of sp³-hybridized carbons (Fsp3) is 0.571. The molecule has 0 spiro atoms. The topological polar surface area (TPSA) is 34.1 Å². The Morgan fingerprint density at radius 1 is 1.73 bits per heavy atom. The van der Waals surface area contributed by atoms with E-state index in [2.05, 4.69) is 10.3 Å². The molecular formula is C7H10N2OS. The molecule has 0 aliphatic carbocycles. The predicted octanol–water partition coefficient (Wildman–Crippen LogP) is 0.802. The van der Waals surface area contributed by atoms with E-state index in [-0.39, 0.29) is 0 Å². The van der Waals surface area contributed by atoms with Crippen LogP contribution in [0.25, 0.3) is 0 Å². The predicted molar refractivity (Wildman–Crippen MR) is 44.1 cm³/mol. The molecule has 1 aromatic rings. The first-order valence-corrected chi connectivity index (χ1v) is 4.52. The lowest BCUT2D eigenvalue weighted by Gasteiger charge is -2.26. The minimum atomic E-state index is 0.344. The molecule has 0 radical (unpaired) electrons. The Bertz CT molecular complexity index is 244. The first kappa shape index (κ1) is 7.06. The molecule has 1 fully saturated rings. The number of thiazole rings is 1. The summed E-state index contributed by atoms with van der Waals surface area (Å²) in [6, 6.07) is 0. The molecule has 0 atom stereocenters. The lowest BCUT2D eigenvalue weighted by atomic mass is 10.2. The summed E-state index contributed by atoms with van der Waals surface area (Å²) in [6.45, 7) is 3.89. The van der Waals surface area contributed by atoms with Gasteiger partial charge in [-0.15, -0.1) is 11.3 Å². The Morgan fingerprint density at radius 3 is 3.00 bits per heavy atom. The van der Waals surface area contributed by atoms with Crippen molar-refractivity contribution in [2.24, 2.45) is 0 Å². The Morgan fingerprint density at radius 2 is 2.55 bits per heavy atom. The Labute approximate surface area is 69.4 Å². The van der Waals surface area contributed by atoms with E-state index in [1.807, 2.05) is 12.3 Å². The monoisotopic (exact) mass is 170 g/mol. The van der Waals surface area contributed by atoms with Crippen molar-refractivity contribution in [2.45, 2.75) is 13.0 Å². The maximum absolute atomic E-state index is 5.51. The third kappa shape index (κ3) is 1.52. The summed E-state index contributed by atoms with van der Waals surface area (Å²) < 4.78 is 5.51. The molecule has 2 heterocycles. The Balaban J connectivity index is 1.95. The second kappa shape index (κ2) is 2.79. The molecule has 0 unspecified atom stereocenters. The maximum Gasteiger partial charge on any atom is 0.224 e. The van der Waals surface area contributed by atoms with Gasteiger partial charge in [-0.05, 0) is 6.92 Å². The SMILES string of the molecule is Cc1nc(OC2CNC2)cs1. The van der Waals surface area contributed by atoms with Gasteiger partial charge in [0.05, 0.1) is 10.4 Å². The lowest BCUT2D eigenvalue weighted by Crippen LogP contribution is -2.50. The van der Waals surface area contributed by atoms with E-state index in [4.69, 9.17) is 4.74 Å². The van der Waals surface area contributed by atoms with E-state index in [1.54, 1.807) is 11.3 Å². The van der Waals surface area contributed by atoms with E-state index in [0.29, 0.717) is 6.10 Å². The van der Waals surface area contributed by atoms with Gasteiger partial charge in [-0.2, -0.15) is 0 Å². The summed E-state index contributed by atoms with van der Waals surface area (Å²) >= 11 is 1.62. The third-order valence-corrected chi connectivity index (χ3v) is 2.38. The second-order valence-corrected chi connectivity index (χ2v) is 3.67. The second-order valence-electron chi connectivity index (χ2n) is 2.60. The summed E-state index contributed by atoms with van der Waals surface area (Å²) in [6.07, 6.45) is 0.344. The van der Waals surface area contributed by atoms with Crippen LogP contribution >= 0.6 is 11.3 Å². The number of hydrogen-bond acceptors (Lipinski definition) is 4. The molecule has 0 amide bonds. The van der Waals surface area contributed by atoms with Crippen molar-refractivity contribution >= 4 is 11.3 Å². The highest BCUT2D eigenvalue weighted by atomic mass is 32.1. The first-order chi connectivity index (χ1) is 5.34. The Kier molecular flexibility index (Phi) is 1.79. The van der Waals surface area contributed by atoms with Crippen LogP contribution in [0.5, 0.6) is 5.88 Å². The first-order valence-electron chi connectivity index (χ1n) is 3.64. The van der Waals surface area contributed by atoms with Crippen LogP contribution in [0.2, 0.25) is 0 Å². The molecule has 60 valence electrons. The quantitative estimate of drug-likeness (QED) is 0.713. The fourth-order valence-corrected chi connectivity index (χ4v) is 1.44. The number of nitrogens with zero attached hydrogens (tertiary/aromatic N) is 1. The van der Waals surface area contributed by atoms with Crippen molar-refractivity contribution in [1.82, 2.24) is 10.3 Å². The molecule has 3 nitrogen and oxygen atoms in total. The number of nitrogens with one attached hydrogen (secondary N) is 1. The number of aryl methyl sites for hydroxylation is 1. The van der Waals surface area contributed by atoms with Crippen molar-refractivity contribution in [3.63, 3.8) is 0 Å². The van der Waals surface area contributed by atoms with Gasteiger partial charge < -0.3 is 10.1 Å². The minimum Gasteiger partial charge on any atom is -0.471 e. The summed E-state index contributed by atoms with van der Waals surface area (Å²) in [4.78, 5) is 4.20. The van der Waals surface area contributed by atoms with Crippen LogP contribution in [0.1, 0.15) is 5.01 Å². The molecule has 1 aliphatic heterocycles. The highest BCUT2D eigenvalue weighted by Crippen LogP contribution is 2.17. The zero-order chi connectivity index (χ0) is 7.68. The van der Waals surface area contributed by atoms with Gasteiger partial charge in [-0.3, -0.25) is 0 Å². The molecule has 0 aromatic carbocycles. The van der Waals surface area contributed by atoms with Crippen molar-refractivity contribution in [3.8, 4) is 5.88 Å². The molecule has 11 heavy (non-hydrogen) atoms. The van der Waals surface area contributed by atoms with Crippen LogP contribution in [-0.4, -0.2) is 24.2 Å². The van der Waals surface area contributed by atoms with E-state index < -0.39 is 0 Å². The molecule has 1 aliphatic rings. The zero-order valence-corrected chi connectivity index (χ0v) is 7.15. The number of ether oxygens (including phenoxy) is 1. The zero-order valence-electron chi connectivity index (χ0n) is 6.33. The fourth-order valence-electron chi connectivity index (χ4n) is 0.914. The molecule has 1 saturated heterocycles. The van der Waals surface area contributed by atoms with Gasteiger partial charge in [0.1, 0.15) is 6.10 Å². The van der Waals surface area contributed by atoms with E-state index in [9.17, 15) is 0 Å². The van der Waals surface area contributed by atoms with E-state index in [1.165, 1.54) is 0 Å². The van der Waals surface area contributed by atoms with Gasteiger partial charge in [0.2, 0.25) is 5.88 Å². The van der Waals surface area contributed by atoms with Crippen LogP contribution in [0.4, 0.5) is 0 Å². The van der Waals surface area contributed by atoms with E-state index >= 15 is 0 Å². The number of aromatic nitrogens is 1. The van der Waals surface area contributed by atoms with Gasteiger partial charge in [0.15, 0.2) is 0 Å². The summed E-state index contributed by atoms with van der Waals surface area (Å²) in [5.41, 5.74) is 0. The number of hydrogen-bond donors (Lipinski definition) is 1. The van der Waals surface area contributed by atoms with Crippen LogP contribution in [0.3, 0.4) is 0 Å². The minimum absolute atomic E-state index is 0.344. The van der Waals surface area contributed by atoms with Crippen molar-refractivity contribution < 1.29 is 4.74 Å². The van der Waals surface area contributed by atoms with Gasteiger partial charge in [0.25, 0.3) is 0 Å². The standard InChI is InChI=1S/C7H10N2OS/c1-5-9-7(4-11-5)10-6-2-8-3-6/h4,6,8H,2-3H2,1H3. The molecular weight excluding hydrogens is 160 g/mol. The molecule has 0 saturated carbocycles. The largest absolute Gasteiger partial charge is 0.471 e. The molecule has 1 N–H and O–H groups in total. The van der Waals surface area contributed by atoms with Crippen molar-refractivity contribution in [3.05, 3.63) is 10.4 Å². The molecule has 2 rings (SSSR count). The molecule has 1 aromatic heterocycles. The van der Waals surface area contributed by atoms with Crippen molar-refractivity contribution in [2.75, 3.05) is 13.1 Å². The average Bonchev–Trinajstić information content (AvgIpc) is 2.27. The lowest BCUT2D eigenvalue weighted by molar-refractivity contribution is 0.137. The van der Waals surface area contributed by atoms with Gasteiger partial charge in [0, 0.05) is 13.1 Å². The van der Waals surface area contributed by atoms with Crippen molar-refractivity contribution in [1.29, 1.82) is 0 Å². The highest BCUT2D eigenvalue weighted by molar-refractivity contribution is 7.09. The van der Waals surface area contributed by atoms with Gasteiger partial charge >= 0.3 is 0 Å². The van der Waals surface area contributed by atoms with Crippen LogP contribution < -0.4 is 10.1 Å². The third-order valence-electron chi connectivity index (χ3n) is 1.63. The normalized spacial score (nSPS) is 17.9. The van der Waals surface area contributed by atoms with Gasteiger partial charge in [-0.1, -0.05) is 0 Å². The maximum atomic E-state index is 5.51. The number of rotatable bonds is 2. The van der Waals surface area contributed by atoms with Gasteiger partial charge in [-0.25, -0.2) is 4.98 Å². The average molecular weight is 170 g/mol. The molecule has 4 heteroatoms. The highest BCUT2D eigenvalue weighted by Gasteiger charge is 2.18.